The van der Waals surface area contributed by atoms with E-state index in [0.29, 0.717) is 29.8 Å². The maximum atomic E-state index is 13.1. The molecule has 0 radical (unpaired) electrons. The molecule has 0 spiro atoms. The number of nitrogens with two attached hydrogens (primary N) is 1. The highest BCUT2D eigenvalue weighted by Gasteiger charge is 2.22. The first-order valence-electron chi connectivity index (χ1n) is 18.5. The molecule has 56 heavy (non-hydrogen) atoms. The topological polar surface area (TPSA) is 201 Å². The molecule has 0 bridgehead atoms. The molecule has 5 aromatic rings. The first-order chi connectivity index (χ1) is 26.7. The third kappa shape index (κ3) is 10.2. The van der Waals surface area contributed by atoms with Gasteiger partial charge in [0.2, 0.25) is 11.8 Å². The molecule has 0 saturated carbocycles. The van der Waals surface area contributed by atoms with Gasteiger partial charge in [0.15, 0.2) is 0 Å². The minimum atomic E-state index is -0.809. The van der Waals surface area contributed by atoms with E-state index >= 15 is 0 Å². The molecule has 1 atom stereocenters. The molecular formula is C41H50N8O7. The number of anilines is 1. The van der Waals surface area contributed by atoms with Crippen LogP contribution in [0.2, 0.25) is 0 Å². The summed E-state index contributed by atoms with van der Waals surface area (Å²) in [7, 11) is 3.18. The van der Waals surface area contributed by atoms with Crippen molar-refractivity contribution in [3.05, 3.63) is 77.6 Å². The first kappa shape index (κ1) is 40.8. The molecule has 2 aromatic heterocycles. The summed E-state index contributed by atoms with van der Waals surface area (Å²) in [6, 6.07) is 12.8. The van der Waals surface area contributed by atoms with Crippen molar-refractivity contribution in [1.29, 1.82) is 0 Å². The van der Waals surface area contributed by atoms with Crippen molar-refractivity contribution < 1.29 is 33.4 Å². The Kier molecular flexibility index (Phi) is 13.3. The number of hydrogen-bond donors (Lipinski definition) is 5. The van der Waals surface area contributed by atoms with Gasteiger partial charge in [0.25, 0.3) is 0 Å². The van der Waals surface area contributed by atoms with Crippen LogP contribution in [0.4, 0.5) is 20.1 Å². The number of nitrogens with one attached hydrogen (secondary N) is 4. The second-order valence-electron chi connectivity index (χ2n) is 14.4. The van der Waals surface area contributed by atoms with Crippen molar-refractivity contribution in [1.82, 2.24) is 30.4 Å². The largest absolute Gasteiger partial charge is 0.445 e. The maximum Gasteiger partial charge on any atom is 0.415 e. The number of benzene rings is 3. The van der Waals surface area contributed by atoms with Crippen LogP contribution in [0.1, 0.15) is 49.8 Å². The Bertz CT molecular complexity index is 2230. The molecule has 6 amide bonds. The molecule has 6 N–H and O–H groups in total. The van der Waals surface area contributed by atoms with Crippen molar-refractivity contribution in [3.8, 4) is 5.75 Å². The fraction of sp³-hybridized carbons (Fsp3) is 0.366. The van der Waals surface area contributed by atoms with Gasteiger partial charge in [-0.1, -0.05) is 26.0 Å². The van der Waals surface area contributed by atoms with E-state index in [1.165, 1.54) is 9.80 Å². The van der Waals surface area contributed by atoms with Gasteiger partial charge in [-0.2, -0.15) is 0 Å². The van der Waals surface area contributed by atoms with E-state index in [1.807, 2.05) is 38.2 Å². The van der Waals surface area contributed by atoms with Crippen LogP contribution < -0.4 is 26.4 Å². The monoisotopic (exact) mass is 766 g/mol. The summed E-state index contributed by atoms with van der Waals surface area (Å²) in [5.74, 6) is -0.118. The second-order valence-corrected chi connectivity index (χ2v) is 14.4. The highest BCUT2D eigenvalue weighted by molar-refractivity contribution is 6.16. The zero-order chi connectivity index (χ0) is 40.5. The van der Waals surface area contributed by atoms with E-state index in [9.17, 15) is 24.0 Å². The molecule has 0 aliphatic rings. The lowest BCUT2D eigenvalue weighted by Gasteiger charge is -2.22. The van der Waals surface area contributed by atoms with E-state index in [0.717, 1.165) is 43.7 Å². The van der Waals surface area contributed by atoms with Gasteiger partial charge in [-0.25, -0.2) is 14.4 Å². The smallest absolute Gasteiger partial charge is 0.415 e. The molecule has 0 unspecified atom stereocenters. The van der Waals surface area contributed by atoms with E-state index in [1.54, 1.807) is 50.6 Å². The van der Waals surface area contributed by atoms with Crippen LogP contribution in [0.25, 0.3) is 32.6 Å². The Hall–Kier alpha value is -6.38. The number of aryl methyl sites for hydroxylation is 2. The van der Waals surface area contributed by atoms with E-state index in [-0.39, 0.29) is 44.5 Å². The summed E-state index contributed by atoms with van der Waals surface area (Å²) in [6.45, 7) is 8.62. The number of ether oxygens (including phenoxy) is 2. The number of nitrogens with zero attached hydrogens (tertiary/aromatic N) is 3. The van der Waals surface area contributed by atoms with Crippen molar-refractivity contribution in [3.63, 3.8) is 0 Å². The number of fused-ring (bicyclic) bond motifs is 4. The normalized spacial score (nSPS) is 11.7. The van der Waals surface area contributed by atoms with Crippen molar-refractivity contribution in [2.24, 2.45) is 11.7 Å². The van der Waals surface area contributed by atoms with Gasteiger partial charge in [-0.15, -0.1) is 0 Å². The number of aromatic nitrogens is 2. The molecule has 0 aliphatic heterocycles. The predicted octanol–water partition coefficient (Wildman–Crippen LogP) is 6.10. The zero-order valence-electron chi connectivity index (χ0n) is 32.7. The van der Waals surface area contributed by atoms with E-state index < -0.39 is 30.2 Å². The Morgan fingerprint density at radius 3 is 2.30 bits per heavy atom. The summed E-state index contributed by atoms with van der Waals surface area (Å²) in [6.07, 6.45) is 3.53. The minimum Gasteiger partial charge on any atom is -0.445 e. The van der Waals surface area contributed by atoms with E-state index in [2.05, 4.69) is 39.8 Å². The number of amides is 6. The summed E-state index contributed by atoms with van der Waals surface area (Å²) in [5, 5.41) is 12.3. The van der Waals surface area contributed by atoms with Gasteiger partial charge < -0.3 is 45.9 Å². The van der Waals surface area contributed by atoms with Gasteiger partial charge in [0.05, 0.1) is 5.52 Å². The third-order valence-electron chi connectivity index (χ3n) is 9.55. The number of aromatic amines is 1. The molecular weight excluding hydrogens is 716 g/mol. The number of hydrogen-bond acceptors (Lipinski definition) is 8. The standard InChI is InChI=1S/C41H50N8O7/c1-24(2)20-35(50)46-34(8-7-16-44-39(42)52)38(51)45-28-11-9-27(10-12-28)23-55-40(53)48(5)18-19-49(6)41(54)56-29-13-14-33-31(21-29)36-25(3)32-22-43-17-15-30(32)26(4)37(36)47-33/h9-15,17,21-22,24,34,47H,7-8,16,18-20,23H2,1-6H3,(H,45,51)(H,46,50)(H3,42,44,52)/t34-/m0/s1. The van der Waals surface area contributed by atoms with Crippen LogP contribution in [0.3, 0.4) is 0 Å². The molecule has 15 nitrogen and oxygen atoms in total. The summed E-state index contributed by atoms with van der Waals surface area (Å²) in [4.78, 5) is 72.8. The Balaban J connectivity index is 1.09. The second kappa shape index (κ2) is 18.3. The van der Waals surface area contributed by atoms with Crippen LogP contribution in [-0.4, -0.2) is 89.6 Å². The average molecular weight is 767 g/mol. The van der Waals surface area contributed by atoms with Crippen LogP contribution in [0, 0.1) is 19.8 Å². The van der Waals surface area contributed by atoms with Crippen LogP contribution in [0.5, 0.6) is 5.75 Å². The molecule has 3 aromatic carbocycles. The van der Waals surface area contributed by atoms with Gasteiger partial charge in [-0.05, 0) is 91.1 Å². The summed E-state index contributed by atoms with van der Waals surface area (Å²) < 4.78 is 11.2. The Morgan fingerprint density at radius 2 is 1.61 bits per heavy atom. The molecule has 5 rings (SSSR count). The minimum absolute atomic E-state index is 0.0162. The van der Waals surface area contributed by atoms with E-state index in [4.69, 9.17) is 15.2 Å². The third-order valence-corrected chi connectivity index (χ3v) is 9.55. The number of carbonyl (C=O) groups is 5. The predicted molar refractivity (Wildman–Crippen MR) is 215 cm³/mol. The van der Waals surface area contributed by atoms with Crippen molar-refractivity contribution >= 4 is 68.3 Å². The lowest BCUT2D eigenvalue weighted by Crippen LogP contribution is -2.44. The van der Waals surface area contributed by atoms with Gasteiger partial charge in [-0.3, -0.25) is 14.6 Å². The number of pyridine rings is 1. The van der Waals surface area contributed by atoms with Crippen LogP contribution in [0.15, 0.2) is 60.9 Å². The molecule has 2 heterocycles. The van der Waals surface area contributed by atoms with Crippen LogP contribution in [-0.2, 0) is 20.9 Å². The number of carbonyl (C=O) groups excluding carboxylic acids is 5. The SMILES string of the molecule is Cc1c2ccncc2c(C)c2c1[nH]c1ccc(OC(=O)N(C)CCN(C)C(=O)OCc3ccc(NC(=O)[C@H](CCCNC(N)=O)NC(=O)CC(C)C)cc3)cc12. The number of likely N-dealkylation sites (N-methyl/N-ethyl adjacent to an activating group) is 2. The highest BCUT2D eigenvalue weighted by atomic mass is 16.6. The first-order valence-corrected chi connectivity index (χ1v) is 18.5. The average Bonchev–Trinajstić information content (AvgIpc) is 3.55. The number of H-pyrrole nitrogens is 1. The fourth-order valence-electron chi connectivity index (χ4n) is 6.44. The zero-order valence-corrected chi connectivity index (χ0v) is 32.7. The molecule has 0 aliphatic carbocycles. The molecule has 15 heteroatoms. The molecule has 0 saturated heterocycles. The summed E-state index contributed by atoms with van der Waals surface area (Å²) in [5.41, 5.74) is 10.5. The number of primary amides is 1. The van der Waals surface area contributed by atoms with Gasteiger partial charge in [0, 0.05) is 79.9 Å². The summed E-state index contributed by atoms with van der Waals surface area (Å²) >= 11 is 0. The fourth-order valence-corrected chi connectivity index (χ4v) is 6.44. The Labute approximate surface area is 325 Å². The lowest BCUT2D eigenvalue weighted by atomic mass is 9.97. The molecule has 296 valence electrons. The molecule has 0 fully saturated rings. The number of urea groups is 1. The van der Waals surface area contributed by atoms with Crippen molar-refractivity contribution in [2.75, 3.05) is 39.0 Å². The van der Waals surface area contributed by atoms with Gasteiger partial charge in [0.1, 0.15) is 18.4 Å². The quantitative estimate of drug-likeness (QED) is 0.0787. The number of rotatable bonds is 15. The highest BCUT2D eigenvalue weighted by Crippen LogP contribution is 2.37. The van der Waals surface area contributed by atoms with Crippen molar-refractivity contribution in [2.45, 2.75) is 59.6 Å². The Morgan fingerprint density at radius 1 is 0.893 bits per heavy atom. The van der Waals surface area contributed by atoms with Crippen LogP contribution >= 0.6 is 0 Å². The lowest BCUT2D eigenvalue weighted by molar-refractivity contribution is -0.127. The van der Waals surface area contributed by atoms with Gasteiger partial charge >= 0.3 is 18.2 Å². The maximum absolute atomic E-state index is 13.1.